The van der Waals surface area contributed by atoms with Crippen molar-refractivity contribution in [3.63, 3.8) is 0 Å². The molecule has 0 aliphatic carbocycles. The molecule has 0 amide bonds. The second-order valence-corrected chi connectivity index (χ2v) is 5.55. The van der Waals surface area contributed by atoms with E-state index in [0.717, 1.165) is 25.7 Å². The second-order valence-electron chi connectivity index (χ2n) is 5.55. The number of aliphatic carboxylic acids is 1. The van der Waals surface area contributed by atoms with Crippen molar-refractivity contribution in [2.45, 2.75) is 58.0 Å². The van der Waals surface area contributed by atoms with Crippen molar-refractivity contribution < 1.29 is 15.0 Å². The zero-order valence-corrected chi connectivity index (χ0v) is 15.3. The van der Waals surface area contributed by atoms with E-state index in [1.807, 2.05) is 12.2 Å². The summed E-state index contributed by atoms with van der Waals surface area (Å²) >= 11 is 0. The van der Waals surface area contributed by atoms with E-state index in [0.29, 0.717) is 12.8 Å². The number of carboxylic acids is 1. The van der Waals surface area contributed by atoms with Crippen LogP contribution in [0.3, 0.4) is 0 Å². The van der Waals surface area contributed by atoms with Gasteiger partial charge in [0.2, 0.25) is 0 Å². The Balaban J connectivity index is 3.70. The van der Waals surface area contributed by atoms with Crippen LogP contribution in [0.5, 0.6) is 0 Å². The maximum Gasteiger partial charge on any atom is 0.303 e. The molecule has 0 saturated carbocycles. The summed E-state index contributed by atoms with van der Waals surface area (Å²) in [5, 5.41) is 18.2. The van der Waals surface area contributed by atoms with Gasteiger partial charge in [0.15, 0.2) is 0 Å². The molecule has 0 radical (unpaired) electrons. The first-order chi connectivity index (χ1) is 12.2. The Hall–Kier alpha value is -2.13. The average Bonchev–Trinajstić information content (AvgIpc) is 2.58. The minimum Gasteiger partial charge on any atom is -0.481 e. The van der Waals surface area contributed by atoms with Crippen molar-refractivity contribution in [2.24, 2.45) is 0 Å². The van der Waals surface area contributed by atoms with Crippen LogP contribution in [-0.4, -0.2) is 22.3 Å². The van der Waals surface area contributed by atoms with Gasteiger partial charge in [-0.05, 0) is 38.5 Å². The van der Waals surface area contributed by atoms with Gasteiger partial charge in [0.1, 0.15) is 0 Å². The third-order valence-electron chi connectivity index (χ3n) is 3.20. The summed E-state index contributed by atoms with van der Waals surface area (Å²) in [4.78, 5) is 10.3. The molecule has 0 spiro atoms. The van der Waals surface area contributed by atoms with Crippen LogP contribution in [0.2, 0.25) is 0 Å². The zero-order valence-electron chi connectivity index (χ0n) is 15.3. The number of allylic oxidation sites excluding steroid dienone is 10. The number of carbonyl (C=O) groups is 1. The van der Waals surface area contributed by atoms with E-state index in [1.54, 1.807) is 24.3 Å². The van der Waals surface area contributed by atoms with E-state index in [1.165, 1.54) is 0 Å². The van der Waals surface area contributed by atoms with Gasteiger partial charge in [0.25, 0.3) is 0 Å². The third-order valence-corrected chi connectivity index (χ3v) is 3.20. The molecule has 0 aromatic carbocycles. The van der Waals surface area contributed by atoms with E-state index in [4.69, 9.17) is 5.11 Å². The highest BCUT2D eigenvalue weighted by Crippen LogP contribution is 1.99. The minimum absolute atomic E-state index is 0.134. The summed E-state index contributed by atoms with van der Waals surface area (Å²) in [7, 11) is 0. The Morgan fingerprint density at radius 2 is 1.40 bits per heavy atom. The molecule has 3 heteroatoms. The van der Waals surface area contributed by atoms with Crippen LogP contribution in [0.15, 0.2) is 72.9 Å². The lowest BCUT2D eigenvalue weighted by Gasteiger charge is -1.98. The molecule has 0 heterocycles. The molecular formula is C22H32O3. The number of hydrogen-bond acceptors (Lipinski definition) is 2. The van der Waals surface area contributed by atoms with Crippen molar-refractivity contribution in [1.82, 2.24) is 0 Å². The van der Waals surface area contributed by atoms with Crippen LogP contribution < -0.4 is 0 Å². The van der Waals surface area contributed by atoms with Crippen molar-refractivity contribution in [3.8, 4) is 0 Å². The monoisotopic (exact) mass is 344 g/mol. The van der Waals surface area contributed by atoms with Gasteiger partial charge in [0, 0.05) is 6.42 Å². The summed E-state index contributed by atoms with van der Waals surface area (Å²) in [5.74, 6) is -0.798. The summed E-state index contributed by atoms with van der Waals surface area (Å²) in [5.41, 5.74) is 0. The standard InChI is InChI=1S/C22H32O3/c1-2-3-4-5-6-7-8-9-10-11-12-15-18-21(23)19-16-13-14-17-20-22(24)25/h3-4,6-7,9-10,12-16,19,21,23H,2,5,8,11,17-18,20H2,1H3,(H,24,25)/b4-3-,7-6-,10-9-,14-13-,15-12-,19-16+. The van der Waals surface area contributed by atoms with Gasteiger partial charge < -0.3 is 10.2 Å². The molecule has 3 nitrogen and oxygen atoms in total. The van der Waals surface area contributed by atoms with Crippen molar-refractivity contribution >= 4 is 5.97 Å². The molecule has 0 aromatic rings. The van der Waals surface area contributed by atoms with Crippen molar-refractivity contribution in [3.05, 3.63) is 72.9 Å². The molecule has 0 fully saturated rings. The van der Waals surface area contributed by atoms with Crippen molar-refractivity contribution in [1.29, 1.82) is 0 Å². The molecule has 0 aromatic heterocycles. The largest absolute Gasteiger partial charge is 0.481 e. The molecule has 138 valence electrons. The highest BCUT2D eigenvalue weighted by atomic mass is 16.4. The van der Waals surface area contributed by atoms with Crippen LogP contribution in [0, 0.1) is 0 Å². The summed E-state index contributed by atoms with van der Waals surface area (Å²) in [6, 6.07) is 0. The van der Waals surface area contributed by atoms with Gasteiger partial charge in [0.05, 0.1) is 6.10 Å². The Morgan fingerprint density at radius 1 is 0.840 bits per heavy atom. The van der Waals surface area contributed by atoms with Gasteiger partial charge in [-0.2, -0.15) is 0 Å². The molecule has 0 bridgehead atoms. The maximum atomic E-state index is 10.3. The van der Waals surface area contributed by atoms with Crippen molar-refractivity contribution in [2.75, 3.05) is 0 Å². The molecule has 0 rings (SSSR count). The third kappa shape index (κ3) is 19.8. The highest BCUT2D eigenvalue weighted by molar-refractivity contribution is 5.66. The van der Waals surface area contributed by atoms with E-state index in [9.17, 15) is 9.90 Å². The molecule has 1 atom stereocenters. The SMILES string of the molecule is CC/C=C\C/C=C\C/C=C\C/C=C\CC(O)/C=C/C=C\CCC(=O)O. The second kappa shape index (κ2) is 18.2. The molecule has 1 unspecified atom stereocenters. The Kier molecular flexibility index (Phi) is 16.7. The number of carboxylic acid groups (broad SMARTS) is 1. The molecule has 0 saturated heterocycles. The lowest BCUT2D eigenvalue weighted by molar-refractivity contribution is -0.136. The van der Waals surface area contributed by atoms with E-state index in [-0.39, 0.29) is 6.42 Å². The molecular weight excluding hydrogens is 312 g/mol. The average molecular weight is 344 g/mol. The number of rotatable bonds is 14. The van der Waals surface area contributed by atoms with Gasteiger partial charge in [-0.15, -0.1) is 0 Å². The number of aliphatic hydroxyl groups excluding tert-OH is 1. The quantitative estimate of drug-likeness (QED) is 0.322. The van der Waals surface area contributed by atoms with E-state index < -0.39 is 12.1 Å². The van der Waals surface area contributed by atoms with Gasteiger partial charge >= 0.3 is 5.97 Å². The molecule has 25 heavy (non-hydrogen) atoms. The normalized spacial score (nSPS) is 14.3. The lowest BCUT2D eigenvalue weighted by atomic mass is 10.2. The topological polar surface area (TPSA) is 57.5 Å². The Bertz CT molecular complexity index is 493. The molecule has 0 aliphatic rings. The highest BCUT2D eigenvalue weighted by Gasteiger charge is 1.93. The Morgan fingerprint density at radius 3 is 1.96 bits per heavy atom. The van der Waals surface area contributed by atoms with Gasteiger partial charge in [-0.25, -0.2) is 0 Å². The van der Waals surface area contributed by atoms with Crippen LogP contribution in [0.25, 0.3) is 0 Å². The Labute approximate surface area is 152 Å². The van der Waals surface area contributed by atoms with Crippen LogP contribution in [-0.2, 0) is 4.79 Å². The predicted molar refractivity (Wildman–Crippen MR) is 106 cm³/mol. The first kappa shape index (κ1) is 22.9. The number of aliphatic hydroxyl groups is 1. The zero-order chi connectivity index (χ0) is 18.6. The fourth-order valence-corrected chi connectivity index (χ4v) is 1.87. The first-order valence-corrected chi connectivity index (χ1v) is 9.00. The van der Waals surface area contributed by atoms with Crippen LogP contribution in [0.4, 0.5) is 0 Å². The lowest BCUT2D eigenvalue weighted by Crippen LogP contribution is -1.98. The van der Waals surface area contributed by atoms with Gasteiger partial charge in [-0.3, -0.25) is 4.79 Å². The van der Waals surface area contributed by atoms with Crippen LogP contribution in [0.1, 0.15) is 51.9 Å². The first-order valence-electron chi connectivity index (χ1n) is 9.00. The predicted octanol–water partition coefficient (Wildman–Crippen LogP) is 5.52. The summed E-state index contributed by atoms with van der Waals surface area (Å²) in [6.07, 6.45) is 28.6. The maximum absolute atomic E-state index is 10.3. The van der Waals surface area contributed by atoms with Gasteiger partial charge in [-0.1, -0.05) is 79.8 Å². The minimum atomic E-state index is -0.798. The van der Waals surface area contributed by atoms with E-state index in [2.05, 4.69) is 43.4 Å². The van der Waals surface area contributed by atoms with Crippen LogP contribution >= 0.6 is 0 Å². The summed E-state index contributed by atoms with van der Waals surface area (Å²) < 4.78 is 0. The fourth-order valence-electron chi connectivity index (χ4n) is 1.87. The number of hydrogen-bond donors (Lipinski definition) is 2. The molecule has 0 aliphatic heterocycles. The summed E-state index contributed by atoms with van der Waals surface area (Å²) in [6.45, 7) is 2.13. The van der Waals surface area contributed by atoms with E-state index >= 15 is 0 Å². The fraction of sp³-hybridized carbons (Fsp3) is 0.409. The smallest absolute Gasteiger partial charge is 0.303 e. The molecule has 2 N–H and O–H groups in total.